The van der Waals surface area contributed by atoms with Gasteiger partial charge in [-0.2, -0.15) is 4.98 Å². The lowest BCUT2D eigenvalue weighted by atomic mass is 10.2. The number of piperazine rings is 1. The molecule has 1 fully saturated rings. The normalized spacial score (nSPS) is 14.6. The van der Waals surface area contributed by atoms with Crippen LogP contribution in [0.2, 0.25) is 0 Å². The summed E-state index contributed by atoms with van der Waals surface area (Å²) in [7, 11) is 2.11. The Labute approximate surface area is 201 Å². The van der Waals surface area contributed by atoms with Crippen molar-refractivity contribution in [3.8, 4) is 11.6 Å². The first-order chi connectivity index (χ1) is 17.1. The van der Waals surface area contributed by atoms with Crippen LogP contribution in [0.15, 0.2) is 88.5 Å². The summed E-state index contributed by atoms with van der Waals surface area (Å²) in [6.07, 6.45) is 0. The number of benzene rings is 3. The molecule has 0 N–H and O–H groups in total. The van der Waals surface area contributed by atoms with E-state index in [2.05, 4.69) is 16.8 Å². The van der Waals surface area contributed by atoms with E-state index < -0.39 is 5.69 Å². The van der Waals surface area contributed by atoms with Crippen molar-refractivity contribution in [2.75, 3.05) is 38.1 Å². The molecule has 8 nitrogen and oxygen atoms in total. The fourth-order valence-corrected chi connectivity index (χ4v) is 4.67. The van der Waals surface area contributed by atoms with E-state index in [1.807, 2.05) is 36.4 Å². The largest absolute Gasteiger partial charge is 0.353 e. The number of anilines is 1. The smallest absolute Gasteiger partial charge is 0.343 e. The Morgan fingerprint density at radius 3 is 2.11 bits per heavy atom. The molecule has 0 unspecified atom stereocenters. The monoisotopic (exact) mass is 464 g/mol. The second kappa shape index (κ2) is 8.48. The van der Waals surface area contributed by atoms with Gasteiger partial charge in [0.2, 0.25) is 5.95 Å². The van der Waals surface area contributed by atoms with E-state index in [-0.39, 0.29) is 11.5 Å². The third-order valence-corrected chi connectivity index (χ3v) is 6.55. The summed E-state index contributed by atoms with van der Waals surface area (Å²) in [6.45, 7) is 3.51. The van der Waals surface area contributed by atoms with Crippen LogP contribution < -0.4 is 16.1 Å². The highest BCUT2D eigenvalue weighted by Gasteiger charge is 2.22. The molecule has 3 heterocycles. The van der Waals surface area contributed by atoms with Crippen molar-refractivity contribution in [3.05, 3.63) is 99.7 Å². The molecule has 1 saturated heterocycles. The van der Waals surface area contributed by atoms with E-state index in [4.69, 9.17) is 9.97 Å². The number of nitrogens with zero attached hydrogens (tertiary/aromatic N) is 6. The first-order valence-corrected chi connectivity index (χ1v) is 11.6. The molecule has 1 aliphatic rings. The molecule has 0 amide bonds. The molecule has 6 rings (SSSR count). The average Bonchev–Trinajstić information content (AvgIpc) is 2.89. The van der Waals surface area contributed by atoms with Crippen molar-refractivity contribution in [3.63, 3.8) is 0 Å². The van der Waals surface area contributed by atoms with E-state index >= 15 is 0 Å². The molecule has 2 aromatic heterocycles. The van der Waals surface area contributed by atoms with Crippen molar-refractivity contribution in [2.45, 2.75) is 0 Å². The van der Waals surface area contributed by atoms with Crippen LogP contribution in [-0.2, 0) is 0 Å². The number of para-hydroxylation sites is 3. The van der Waals surface area contributed by atoms with Gasteiger partial charge in [-0.15, -0.1) is 0 Å². The lowest BCUT2D eigenvalue weighted by Crippen LogP contribution is -2.45. The van der Waals surface area contributed by atoms with Gasteiger partial charge >= 0.3 is 5.69 Å². The van der Waals surface area contributed by atoms with Gasteiger partial charge in [0, 0.05) is 31.6 Å². The summed E-state index contributed by atoms with van der Waals surface area (Å²) in [4.78, 5) is 41.5. The topological polar surface area (TPSA) is 76.3 Å². The first kappa shape index (κ1) is 21.2. The molecule has 3 aromatic carbocycles. The van der Waals surface area contributed by atoms with Crippen molar-refractivity contribution in [1.29, 1.82) is 0 Å². The van der Waals surface area contributed by atoms with Crippen LogP contribution in [0.5, 0.6) is 0 Å². The van der Waals surface area contributed by atoms with E-state index in [0.29, 0.717) is 16.6 Å². The quantitative estimate of drug-likeness (QED) is 0.409. The number of fused-ring (bicyclic) bond motifs is 2. The fourth-order valence-electron chi connectivity index (χ4n) is 4.67. The van der Waals surface area contributed by atoms with Crippen molar-refractivity contribution < 1.29 is 0 Å². The molecule has 0 saturated carbocycles. The first-order valence-electron chi connectivity index (χ1n) is 11.6. The molecule has 8 heteroatoms. The minimum Gasteiger partial charge on any atom is -0.353 e. The summed E-state index contributed by atoms with van der Waals surface area (Å²) in [5.41, 5.74) is 0.865. The number of aromatic nitrogens is 4. The van der Waals surface area contributed by atoms with Crippen molar-refractivity contribution >= 4 is 27.6 Å². The van der Waals surface area contributed by atoms with Crippen LogP contribution in [0.1, 0.15) is 0 Å². The van der Waals surface area contributed by atoms with Crippen LogP contribution in [0, 0.1) is 0 Å². The SMILES string of the molecule is CN1CCN(c2nc(-n3c(=O)n(-c4ccccc4)c(=O)c4ccccc43)nc3ccccc23)CC1. The van der Waals surface area contributed by atoms with Crippen LogP contribution in [0.4, 0.5) is 5.82 Å². The summed E-state index contributed by atoms with van der Waals surface area (Å²) in [6, 6.07) is 23.9. The molecule has 35 heavy (non-hydrogen) atoms. The molecule has 1 aliphatic heterocycles. The standard InChI is InChI=1S/C27H24N6O2/c1-30-15-17-31(18-16-30)24-20-11-5-7-13-22(20)28-26(29-24)33-23-14-8-6-12-21(23)25(34)32(27(33)35)19-9-3-2-4-10-19/h2-14H,15-18H2,1H3. The maximum absolute atomic E-state index is 13.9. The molecule has 0 radical (unpaired) electrons. The molecule has 5 aromatic rings. The second-order valence-electron chi connectivity index (χ2n) is 8.77. The summed E-state index contributed by atoms with van der Waals surface area (Å²) < 4.78 is 2.64. The van der Waals surface area contributed by atoms with Gasteiger partial charge in [-0.25, -0.2) is 18.9 Å². The molecule has 0 spiro atoms. The highest BCUT2D eigenvalue weighted by atomic mass is 16.2. The van der Waals surface area contributed by atoms with Gasteiger partial charge in [0.25, 0.3) is 5.56 Å². The zero-order chi connectivity index (χ0) is 23.9. The van der Waals surface area contributed by atoms with Gasteiger partial charge in [-0.05, 0) is 43.4 Å². The van der Waals surface area contributed by atoms with Crippen molar-refractivity contribution in [1.82, 2.24) is 24.0 Å². The third-order valence-electron chi connectivity index (χ3n) is 6.55. The van der Waals surface area contributed by atoms with Crippen LogP contribution in [-0.4, -0.2) is 57.2 Å². The highest BCUT2D eigenvalue weighted by molar-refractivity contribution is 5.90. The van der Waals surface area contributed by atoms with Crippen LogP contribution in [0.3, 0.4) is 0 Å². The second-order valence-corrected chi connectivity index (χ2v) is 8.77. The Hall–Kier alpha value is -4.30. The molecule has 0 aliphatic carbocycles. The summed E-state index contributed by atoms with van der Waals surface area (Å²) >= 11 is 0. The van der Waals surface area contributed by atoms with E-state index in [9.17, 15) is 9.59 Å². The number of hydrogen-bond acceptors (Lipinski definition) is 6. The summed E-state index contributed by atoms with van der Waals surface area (Å²) in [5, 5.41) is 1.36. The van der Waals surface area contributed by atoms with Gasteiger partial charge in [-0.3, -0.25) is 4.79 Å². The zero-order valence-electron chi connectivity index (χ0n) is 19.3. The maximum Gasteiger partial charge on any atom is 0.343 e. The Bertz CT molecular complexity index is 1670. The van der Waals surface area contributed by atoms with Gasteiger partial charge in [-0.1, -0.05) is 42.5 Å². The van der Waals surface area contributed by atoms with E-state index in [0.717, 1.165) is 42.9 Å². The van der Waals surface area contributed by atoms with Crippen molar-refractivity contribution in [2.24, 2.45) is 0 Å². The molecular weight excluding hydrogens is 440 g/mol. The molecule has 0 atom stereocenters. The minimum absolute atomic E-state index is 0.253. The Morgan fingerprint density at radius 2 is 1.34 bits per heavy atom. The Morgan fingerprint density at radius 1 is 0.686 bits per heavy atom. The molecule has 0 bridgehead atoms. The van der Waals surface area contributed by atoms with Crippen LogP contribution in [0.25, 0.3) is 33.4 Å². The van der Waals surface area contributed by atoms with E-state index in [1.54, 1.807) is 42.5 Å². The van der Waals surface area contributed by atoms with Crippen LogP contribution >= 0.6 is 0 Å². The van der Waals surface area contributed by atoms with Gasteiger partial charge < -0.3 is 9.80 Å². The zero-order valence-corrected chi connectivity index (χ0v) is 19.3. The summed E-state index contributed by atoms with van der Waals surface area (Å²) in [5.74, 6) is 1.05. The number of likely N-dealkylation sites (N-methyl/N-ethyl adjacent to an activating group) is 1. The lowest BCUT2D eigenvalue weighted by molar-refractivity contribution is 0.312. The predicted molar refractivity (Wildman–Crippen MR) is 138 cm³/mol. The highest BCUT2D eigenvalue weighted by Crippen LogP contribution is 2.26. The Balaban J connectivity index is 1.67. The van der Waals surface area contributed by atoms with Gasteiger partial charge in [0.1, 0.15) is 5.82 Å². The molecular formula is C27H24N6O2. The maximum atomic E-state index is 13.9. The lowest BCUT2D eigenvalue weighted by Gasteiger charge is -2.33. The fraction of sp³-hybridized carbons (Fsp3) is 0.185. The predicted octanol–water partition coefficient (Wildman–Crippen LogP) is 2.84. The average molecular weight is 465 g/mol. The van der Waals surface area contributed by atoms with E-state index in [1.165, 1.54) is 9.13 Å². The number of hydrogen-bond donors (Lipinski definition) is 0. The van der Waals surface area contributed by atoms with Gasteiger partial charge in [0.15, 0.2) is 0 Å². The minimum atomic E-state index is -0.500. The number of rotatable bonds is 3. The van der Waals surface area contributed by atoms with Gasteiger partial charge in [0.05, 0.1) is 22.1 Å². The Kier molecular flexibility index (Phi) is 5.15. The molecule has 174 valence electrons. The third kappa shape index (κ3) is 3.59.